The fourth-order valence-electron chi connectivity index (χ4n) is 1.31. The van der Waals surface area contributed by atoms with Crippen molar-refractivity contribution in [3.63, 3.8) is 0 Å². The molecule has 1 atom stereocenters. The van der Waals surface area contributed by atoms with Crippen molar-refractivity contribution in [2.24, 2.45) is 0 Å². The number of hydrogen-bond acceptors (Lipinski definition) is 5. The second-order valence-electron chi connectivity index (χ2n) is 3.64. The molecular weight excluding hydrogens is 276 g/mol. The van der Waals surface area contributed by atoms with Crippen LogP contribution in [-0.4, -0.2) is 30.0 Å². The molecule has 0 aliphatic rings. The maximum Gasteiger partial charge on any atom is 0.328 e. The van der Waals surface area contributed by atoms with Crippen molar-refractivity contribution in [2.45, 2.75) is 13.0 Å². The Morgan fingerprint density at radius 2 is 2.11 bits per heavy atom. The third-order valence-corrected chi connectivity index (χ3v) is 2.63. The second kappa shape index (κ2) is 6.14. The maximum atomic E-state index is 11.8. The van der Waals surface area contributed by atoms with Gasteiger partial charge in [0.25, 0.3) is 11.6 Å². The van der Waals surface area contributed by atoms with Gasteiger partial charge >= 0.3 is 5.97 Å². The zero-order valence-electron chi connectivity index (χ0n) is 10.2. The summed E-state index contributed by atoms with van der Waals surface area (Å²) in [7, 11) is 1.19. The third-order valence-electron chi connectivity index (χ3n) is 2.31. The molecule has 0 bridgehead atoms. The van der Waals surface area contributed by atoms with E-state index in [-0.39, 0.29) is 16.3 Å². The van der Waals surface area contributed by atoms with Crippen LogP contribution in [-0.2, 0) is 9.53 Å². The molecule has 1 aromatic rings. The van der Waals surface area contributed by atoms with Crippen LogP contribution in [0.3, 0.4) is 0 Å². The molecule has 102 valence electrons. The number of halogens is 1. The monoisotopic (exact) mass is 286 g/mol. The molecule has 0 spiro atoms. The molecule has 1 N–H and O–H groups in total. The molecule has 0 aliphatic heterocycles. The van der Waals surface area contributed by atoms with Crippen LogP contribution in [0.2, 0.25) is 5.02 Å². The van der Waals surface area contributed by atoms with Gasteiger partial charge in [-0.3, -0.25) is 14.9 Å². The minimum atomic E-state index is -0.854. The number of nitro benzene ring substituents is 1. The molecule has 0 radical (unpaired) electrons. The molecule has 0 aromatic heterocycles. The number of ether oxygens (including phenoxy) is 1. The lowest BCUT2D eigenvalue weighted by molar-refractivity contribution is -0.384. The molecule has 1 amide bonds. The number of carbonyl (C=O) groups is 2. The molecule has 0 fully saturated rings. The van der Waals surface area contributed by atoms with Crippen LogP contribution in [0, 0.1) is 10.1 Å². The van der Waals surface area contributed by atoms with E-state index in [1.807, 2.05) is 0 Å². The van der Waals surface area contributed by atoms with Crippen molar-refractivity contribution in [3.8, 4) is 0 Å². The molecule has 0 aliphatic carbocycles. The standard InChI is InChI=1S/C11H11ClN2O5/c1-6(11(16)19-2)13-10(15)7-3-4-8(12)9(5-7)14(17)18/h3-6H,1-2H3,(H,13,15)/t6-/m0/s1. The maximum absolute atomic E-state index is 11.8. The highest BCUT2D eigenvalue weighted by atomic mass is 35.5. The molecule has 0 heterocycles. The van der Waals surface area contributed by atoms with Crippen molar-refractivity contribution in [2.75, 3.05) is 7.11 Å². The molecule has 1 aromatic carbocycles. The Kier molecular flexibility index (Phi) is 4.82. The van der Waals surface area contributed by atoms with Gasteiger partial charge in [0.2, 0.25) is 0 Å². The van der Waals surface area contributed by atoms with E-state index >= 15 is 0 Å². The number of nitrogens with one attached hydrogen (secondary N) is 1. The van der Waals surface area contributed by atoms with Gasteiger partial charge in [0, 0.05) is 11.6 Å². The molecule has 0 saturated carbocycles. The SMILES string of the molecule is COC(=O)[C@H](C)NC(=O)c1ccc(Cl)c([N+](=O)[O-])c1. The Bertz CT molecular complexity index is 532. The Morgan fingerprint density at radius 3 is 2.63 bits per heavy atom. The number of nitro groups is 1. The Balaban J connectivity index is 2.92. The summed E-state index contributed by atoms with van der Waals surface area (Å²) in [5, 5.41) is 13.0. The summed E-state index contributed by atoms with van der Waals surface area (Å²) in [5.41, 5.74) is -0.341. The van der Waals surface area contributed by atoms with Crippen LogP contribution < -0.4 is 5.32 Å². The van der Waals surface area contributed by atoms with E-state index in [1.165, 1.54) is 26.2 Å². The van der Waals surface area contributed by atoms with Gasteiger partial charge in [-0.15, -0.1) is 0 Å². The fraction of sp³-hybridized carbons (Fsp3) is 0.273. The van der Waals surface area contributed by atoms with Gasteiger partial charge in [-0.2, -0.15) is 0 Å². The first-order valence-electron chi connectivity index (χ1n) is 5.19. The van der Waals surface area contributed by atoms with Gasteiger partial charge in [-0.05, 0) is 19.1 Å². The van der Waals surface area contributed by atoms with Crippen LogP contribution in [0.4, 0.5) is 5.69 Å². The average molecular weight is 287 g/mol. The molecule has 8 heteroatoms. The molecule has 7 nitrogen and oxygen atoms in total. The third kappa shape index (κ3) is 3.65. The Hall–Kier alpha value is -2.15. The van der Waals surface area contributed by atoms with Crippen LogP contribution >= 0.6 is 11.6 Å². The molecule has 0 unspecified atom stereocenters. The number of carbonyl (C=O) groups excluding carboxylic acids is 2. The minimum Gasteiger partial charge on any atom is -0.467 e. The zero-order valence-corrected chi connectivity index (χ0v) is 10.9. The van der Waals surface area contributed by atoms with Gasteiger partial charge < -0.3 is 10.1 Å². The zero-order chi connectivity index (χ0) is 14.6. The smallest absolute Gasteiger partial charge is 0.328 e. The summed E-state index contributed by atoms with van der Waals surface area (Å²) in [5.74, 6) is -1.24. The first-order valence-corrected chi connectivity index (χ1v) is 5.57. The normalized spacial score (nSPS) is 11.5. The largest absolute Gasteiger partial charge is 0.467 e. The van der Waals surface area contributed by atoms with Gasteiger partial charge in [0.15, 0.2) is 0 Å². The number of methoxy groups -OCH3 is 1. The van der Waals surface area contributed by atoms with Gasteiger partial charge in [0.05, 0.1) is 12.0 Å². The second-order valence-corrected chi connectivity index (χ2v) is 4.05. The molecule has 0 saturated heterocycles. The lowest BCUT2D eigenvalue weighted by Gasteiger charge is -2.11. The van der Waals surface area contributed by atoms with E-state index in [4.69, 9.17) is 11.6 Å². The number of hydrogen-bond donors (Lipinski definition) is 1. The van der Waals surface area contributed by atoms with Gasteiger partial charge in [-0.1, -0.05) is 11.6 Å². The highest BCUT2D eigenvalue weighted by molar-refractivity contribution is 6.32. The van der Waals surface area contributed by atoms with Crippen molar-refractivity contribution in [3.05, 3.63) is 38.9 Å². The number of esters is 1. The van der Waals surface area contributed by atoms with Crippen LogP contribution in [0.5, 0.6) is 0 Å². The average Bonchev–Trinajstić information content (AvgIpc) is 2.37. The minimum absolute atomic E-state index is 0.0341. The summed E-state index contributed by atoms with van der Waals surface area (Å²) >= 11 is 5.63. The quantitative estimate of drug-likeness (QED) is 0.514. The predicted molar refractivity (Wildman–Crippen MR) is 67.1 cm³/mol. The number of nitrogens with zero attached hydrogens (tertiary/aromatic N) is 1. The molecule has 1 rings (SSSR count). The van der Waals surface area contributed by atoms with Crippen molar-refractivity contribution in [1.82, 2.24) is 5.32 Å². The number of benzene rings is 1. The topological polar surface area (TPSA) is 98.5 Å². The molecular formula is C11H11ClN2O5. The van der Waals surface area contributed by atoms with Crippen LogP contribution in [0.1, 0.15) is 17.3 Å². The lowest BCUT2D eigenvalue weighted by atomic mass is 10.1. The Labute approximate surface area is 113 Å². The van der Waals surface area contributed by atoms with Crippen molar-refractivity contribution in [1.29, 1.82) is 0 Å². The van der Waals surface area contributed by atoms with E-state index in [1.54, 1.807) is 0 Å². The highest BCUT2D eigenvalue weighted by Gasteiger charge is 2.20. The van der Waals surface area contributed by atoms with Gasteiger partial charge in [-0.25, -0.2) is 4.79 Å². The van der Waals surface area contributed by atoms with Crippen LogP contribution in [0.25, 0.3) is 0 Å². The fourth-order valence-corrected chi connectivity index (χ4v) is 1.50. The lowest BCUT2D eigenvalue weighted by Crippen LogP contribution is -2.39. The van der Waals surface area contributed by atoms with E-state index in [9.17, 15) is 19.7 Å². The number of rotatable bonds is 4. The van der Waals surface area contributed by atoms with E-state index in [0.717, 1.165) is 6.07 Å². The van der Waals surface area contributed by atoms with Crippen molar-refractivity contribution < 1.29 is 19.2 Å². The number of amides is 1. The van der Waals surface area contributed by atoms with Crippen LogP contribution in [0.15, 0.2) is 18.2 Å². The van der Waals surface area contributed by atoms with E-state index in [2.05, 4.69) is 10.1 Å². The first-order chi connectivity index (χ1) is 8.86. The van der Waals surface area contributed by atoms with E-state index in [0.29, 0.717) is 0 Å². The van der Waals surface area contributed by atoms with Crippen molar-refractivity contribution >= 4 is 29.2 Å². The predicted octanol–water partition coefficient (Wildman–Crippen LogP) is 1.54. The summed E-state index contributed by atoms with van der Waals surface area (Å²) in [6.07, 6.45) is 0. The summed E-state index contributed by atoms with van der Waals surface area (Å²) < 4.78 is 4.45. The van der Waals surface area contributed by atoms with E-state index < -0.39 is 22.8 Å². The first kappa shape index (κ1) is 14.9. The highest BCUT2D eigenvalue weighted by Crippen LogP contribution is 2.24. The molecule has 19 heavy (non-hydrogen) atoms. The Morgan fingerprint density at radius 1 is 1.47 bits per heavy atom. The summed E-state index contributed by atoms with van der Waals surface area (Å²) in [6.45, 7) is 1.44. The summed E-state index contributed by atoms with van der Waals surface area (Å²) in [4.78, 5) is 32.9. The summed E-state index contributed by atoms with van der Waals surface area (Å²) in [6, 6.07) is 2.76. The van der Waals surface area contributed by atoms with Gasteiger partial charge in [0.1, 0.15) is 11.1 Å².